The molecule has 0 bridgehead atoms. The third-order valence-corrected chi connectivity index (χ3v) is 3.46. The summed E-state index contributed by atoms with van der Waals surface area (Å²) in [7, 11) is 1.65. The second kappa shape index (κ2) is 6.18. The van der Waals surface area contributed by atoms with Crippen LogP contribution in [0.4, 0.5) is 11.4 Å². The van der Waals surface area contributed by atoms with E-state index in [-0.39, 0.29) is 22.7 Å². The second-order valence-corrected chi connectivity index (χ2v) is 4.94. The summed E-state index contributed by atoms with van der Waals surface area (Å²) in [6.45, 7) is 0.0957. The van der Waals surface area contributed by atoms with Gasteiger partial charge in [-0.1, -0.05) is 11.3 Å². The van der Waals surface area contributed by atoms with Crippen molar-refractivity contribution in [3.8, 4) is 0 Å². The van der Waals surface area contributed by atoms with Crippen LogP contribution >= 0.6 is 11.3 Å². The number of amides is 1. The third kappa shape index (κ3) is 3.45. The number of anilines is 1. The Kier molecular flexibility index (Phi) is 4.33. The Balaban J connectivity index is 2.20. The molecule has 0 fully saturated rings. The van der Waals surface area contributed by atoms with Crippen LogP contribution in [0.3, 0.4) is 0 Å². The molecule has 0 aliphatic heterocycles. The molecular weight excluding hydrogens is 296 g/mol. The minimum atomic E-state index is -0.610. The molecule has 0 saturated heterocycles. The van der Waals surface area contributed by atoms with Crippen molar-refractivity contribution < 1.29 is 9.72 Å². The van der Waals surface area contributed by atoms with E-state index in [1.54, 1.807) is 12.4 Å². The Hall–Kier alpha value is -2.68. The minimum absolute atomic E-state index is 0.0376. The van der Waals surface area contributed by atoms with Gasteiger partial charge in [-0.15, -0.1) is 0 Å². The van der Waals surface area contributed by atoms with Crippen molar-refractivity contribution in [2.45, 2.75) is 6.54 Å². The number of nitro benzene ring substituents is 1. The zero-order valence-corrected chi connectivity index (χ0v) is 11.8. The van der Waals surface area contributed by atoms with Gasteiger partial charge in [0.1, 0.15) is 5.56 Å². The van der Waals surface area contributed by atoms with E-state index in [1.807, 2.05) is 0 Å². The molecule has 1 aromatic heterocycles. The number of carbonyl (C=O) groups excluding carboxylic acids is 1. The van der Waals surface area contributed by atoms with Crippen LogP contribution in [0.1, 0.15) is 16.1 Å². The molecule has 9 heteroatoms. The van der Waals surface area contributed by atoms with E-state index in [0.29, 0.717) is 11.4 Å². The number of nitrogens with one attached hydrogen (secondary N) is 3. The van der Waals surface area contributed by atoms with Crippen molar-refractivity contribution in [2.24, 2.45) is 0 Å². The lowest BCUT2D eigenvalue weighted by molar-refractivity contribution is -0.385. The Morgan fingerprint density at radius 2 is 2.24 bits per heavy atom. The molecule has 1 aromatic carbocycles. The predicted octanol–water partition coefficient (Wildman–Crippen LogP) is 1.32. The highest BCUT2D eigenvalue weighted by atomic mass is 32.1. The lowest BCUT2D eigenvalue weighted by atomic mass is 10.1. The highest BCUT2D eigenvalue weighted by molar-refractivity contribution is 7.07. The maximum absolute atomic E-state index is 12.1. The molecular formula is C12H12N4O4S. The fraction of sp³-hybridized carbons (Fsp3) is 0.167. The number of benzene rings is 1. The van der Waals surface area contributed by atoms with Crippen LogP contribution in [0.25, 0.3) is 0 Å². The van der Waals surface area contributed by atoms with Gasteiger partial charge in [0.25, 0.3) is 11.6 Å². The molecule has 0 spiro atoms. The maximum Gasteiger partial charge on any atom is 0.304 e. The van der Waals surface area contributed by atoms with E-state index < -0.39 is 10.8 Å². The molecule has 0 saturated carbocycles. The van der Waals surface area contributed by atoms with Gasteiger partial charge in [0.15, 0.2) is 0 Å². The first-order valence-electron chi connectivity index (χ1n) is 5.92. The van der Waals surface area contributed by atoms with E-state index in [2.05, 4.69) is 15.6 Å². The maximum atomic E-state index is 12.1. The van der Waals surface area contributed by atoms with Gasteiger partial charge in [0, 0.05) is 29.9 Å². The topological polar surface area (TPSA) is 117 Å². The minimum Gasteiger partial charge on any atom is -0.388 e. The summed E-state index contributed by atoms with van der Waals surface area (Å²) in [6, 6.07) is 4.20. The quantitative estimate of drug-likeness (QED) is 0.569. The van der Waals surface area contributed by atoms with Crippen molar-refractivity contribution in [1.29, 1.82) is 0 Å². The molecule has 2 aromatic rings. The molecule has 0 aliphatic rings. The standard InChI is InChI=1S/C12H12N4O4S/c1-13-7-2-3-10(16(19)20)9(4-7)11(17)14-5-8-6-21-12(18)15-8/h2-4,6,13H,5H2,1H3,(H,14,17)(H,15,18). The van der Waals surface area contributed by atoms with Crippen LogP contribution in [0.5, 0.6) is 0 Å². The van der Waals surface area contributed by atoms with Crippen LogP contribution in [0, 0.1) is 10.1 Å². The highest BCUT2D eigenvalue weighted by Gasteiger charge is 2.20. The molecule has 0 aliphatic carbocycles. The van der Waals surface area contributed by atoms with Gasteiger partial charge in [-0.05, 0) is 12.1 Å². The summed E-state index contributed by atoms with van der Waals surface area (Å²) < 4.78 is 0. The average molecular weight is 308 g/mol. The first kappa shape index (κ1) is 14.7. The van der Waals surface area contributed by atoms with Crippen LogP contribution in [-0.4, -0.2) is 22.9 Å². The normalized spacial score (nSPS) is 10.1. The molecule has 1 heterocycles. The number of rotatable bonds is 5. The fourth-order valence-electron chi connectivity index (χ4n) is 1.70. The van der Waals surface area contributed by atoms with Crippen LogP contribution in [0.15, 0.2) is 28.4 Å². The number of nitro groups is 1. The van der Waals surface area contributed by atoms with Crippen molar-refractivity contribution >= 4 is 28.6 Å². The lowest BCUT2D eigenvalue weighted by Gasteiger charge is -2.07. The number of H-pyrrole nitrogens is 1. The highest BCUT2D eigenvalue weighted by Crippen LogP contribution is 2.22. The first-order chi connectivity index (χ1) is 10.0. The Morgan fingerprint density at radius 3 is 2.81 bits per heavy atom. The zero-order valence-electron chi connectivity index (χ0n) is 11.0. The number of aromatic nitrogens is 1. The molecule has 0 unspecified atom stereocenters. The molecule has 2 rings (SSSR count). The summed E-state index contributed by atoms with van der Waals surface area (Å²) >= 11 is 0.985. The number of hydrogen-bond donors (Lipinski definition) is 3. The Morgan fingerprint density at radius 1 is 1.48 bits per heavy atom. The number of carbonyl (C=O) groups is 1. The second-order valence-electron chi connectivity index (χ2n) is 4.10. The zero-order chi connectivity index (χ0) is 15.4. The van der Waals surface area contributed by atoms with Gasteiger partial charge in [0.05, 0.1) is 11.5 Å². The Labute approximate surface area is 123 Å². The van der Waals surface area contributed by atoms with E-state index in [4.69, 9.17) is 0 Å². The van der Waals surface area contributed by atoms with E-state index in [0.717, 1.165) is 11.3 Å². The third-order valence-electron chi connectivity index (χ3n) is 2.74. The monoisotopic (exact) mass is 308 g/mol. The molecule has 110 valence electrons. The molecule has 0 atom stereocenters. The van der Waals surface area contributed by atoms with E-state index >= 15 is 0 Å². The van der Waals surface area contributed by atoms with Gasteiger partial charge in [-0.2, -0.15) is 0 Å². The Bertz CT molecular complexity index is 737. The lowest BCUT2D eigenvalue weighted by Crippen LogP contribution is -2.24. The number of hydrogen-bond acceptors (Lipinski definition) is 6. The summed E-state index contributed by atoms with van der Waals surface area (Å²) in [4.78, 5) is 35.7. The SMILES string of the molecule is CNc1ccc([N+](=O)[O-])c(C(=O)NCc2csc(=O)[nH]2)c1. The van der Waals surface area contributed by atoms with Gasteiger partial charge in [-0.25, -0.2) is 0 Å². The summed E-state index contributed by atoms with van der Waals surface area (Å²) in [6.07, 6.45) is 0. The molecule has 3 N–H and O–H groups in total. The van der Waals surface area contributed by atoms with Gasteiger partial charge >= 0.3 is 4.87 Å². The molecule has 21 heavy (non-hydrogen) atoms. The first-order valence-corrected chi connectivity index (χ1v) is 6.80. The van der Waals surface area contributed by atoms with Crippen molar-refractivity contribution in [3.05, 3.63) is 54.6 Å². The van der Waals surface area contributed by atoms with E-state index in [1.165, 1.54) is 18.2 Å². The molecule has 8 nitrogen and oxygen atoms in total. The van der Waals surface area contributed by atoms with Crippen LogP contribution < -0.4 is 15.5 Å². The van der Waals surface area contributed by atoms with Crippen LogP contribution in [0.2, 0.25) is 0 Å². The predicted molar refractivity (Wildman–Crippen MR) is 78.8 cm³/mol. The largest absolute Gasteiger partial charge is 0.388 e. The number of aromatic amines is 1. The number of nitrogens with zero attached hydrogens (tertiary/aromatic N) is 1. The summed E-state index contributed by atoms with van der Waals surface area (Å²) in [5.74, 6) is -0.578. The molecule has 0 radical (unpaired) electrons. The van der Waals surface area contributed by atoms with Gasteiger partial charge in [-0.3, -0.25) is 19.7 Å². The van der Waals surface area contributed by atoms with E-state index in [9.17, 15) is 19.7 Å². The van der Waals surface area contributed by atoms with Crippen LogP contribution in [-0.2, 0) is 6.54 Å². The van der Waals surface area contributed by atoms with Crippen molar-refractivity contribution in [3.63, 3.8) is 0 Å². The van der Waals surface area contributed by atoms with Gasteiger partial charge in [0.2, 0.25) is 0 Å². The number of thiazole rings is 1. The van der Waals surface area contributed by atoms with Gasteiger partial charge < -0.3 is 15.6 Å². The van der Waals surface area contributed by atoms with Crippen molar-refractivity contribution in [1.82, 2.24) is 10.3 Å². The smallest absolute Gasteiger partial charge is 0.304 e. The summed E-state index contributed by atoms with van der Waals surface area (Å²) in [5.41, 5.74) is 0.829. The fourth-order valence-corrected chi connectivity index (χ4v) is 2.29. The average Bonchev–Trinajstić information content (AvgIpc) is 2.89. The van der Waals surface area contributed by atoms with Crippen molar-refractivity contribution in [2.75, 3.05) is 12.4 Å². The summed E-state index contributed by atoms with van der Waals surface area (Å²) in [5, 5.41) is 17.9. The molecule has 1 amide bonds.